The average molecular weight is 300 g/mol. The first-order valence-corrected chi connectivity index (χ1v) is 7.20. The van der Waals surface area contributed by atoms with E-state index < -0.39 is 6.10 Å². The van der Waals surface area contributed by atoms with Crippen LogP contribution in [0.15, 0.2) is 24.3 Å². The summed E-state index contributed by atoms with van der Waals surface area (Å²) in [6.07, 6.45) is 2.03. The van der Waals surface area contributed by atoms with Crippen LogP contribution in [0.1, 0.15) is 26.2 Å². The number of benzene rings is 1. The summed E-state index contributed by atoms with van der Waals surface area (Å²) in [5.41, 5.74) is 0. The van der Waals surface area contributed by atoms with E-state index in [0.29, 0.717) is 17.3 Å². The van der Waals surface area contributed by atoms with Crippen molar-refractivity contribution in [1.82, 2.24) is 4.90 Å². The lowest BCUT2D eigenvalue weighted by atomic mass is 10.2. The molecule has 0 saturated heterocycles. The molecule has 0 spiro atoms. The van der Waals surface area contributed by atoms with Crippen molar-refractivity contribution in [3.05, 3.63) is 29.3 Å². The number of carbonyl (C=O) groups is 1. The molecule has 1 rings (SSSR count). The minimum absolute atomic E-state index is 0.0611. The molecule has 1 N–H and O–H groups in total. The molecule has 0 heterocycles. The van der Waals surface area contributed by atoms with Crippen LogP contribution >= 0.6 is 11.6 Å². The number of likely N-dealkylation sites (N-methyl/N-ethyl adjacent to an activating group) is 1. The first kappa shape index (κ1) is 16.8. The molecule has 1 atom stereocenters. The van der Waals surface area contributed by atoms with Gasteiger partial charge in [0.15, 0.2) is 6.10 Å². The second-order valence-corrected chi connectivity index (χ2v) is 5.20. The van der Waals surface area contributed by atoms with E-state index in [1.165, 1.54) is 0 Å². The molecule has 0 radical (unpaired) electrons. The molecule has 4 nitrogen and oxygen atoms in total. The Labute approximate surface area is 125 Å². The van der Waals surface area contributed by atoms with Crippen molar-refractivity contribution >= 4 is 17.5 Å². The third-order valence-corrected chi connectivity index (χ3v) is 3.22. The number of halogens is 1. The number of ether oxygens (including phenoxy) is 1. The van der Waals surface area contributed by atoms with Crippen LogP contribution in [-0.4, -0.2) is 42.2 Å². The van der Waals surface area contributed by atoms with E-state index in [1.807, 2.05) is 0 Å². The maximum atomic E-state index is 12.1. The first-order valence-electron chi connectivity index (χ1n) is 6.82. The normalized spacial score (nSPS) is 12.0. The zero-order chi connectivity index (χ0) is 15.0. The molecule has 0 aliphatic heterocycles. The van der Waals surface area contributed by atoms with Gasteiger partial charge in [-0.1, -0.05) is 17.7 Å². The summed E-state index contributed by atoms with van der Waals surface area (Å²) < 4.78 is 5.59. The molecule has 5 heteroatoms. The molecule has 1 aromatic carbocycles. The Morgan fingerprint density at radius 3 is 2.80 bits per heavy atom. The summed E-state index contributed by atoms with van der Waals surface area (Å²) in [6, 6.07) is 7.01. The molecule has 0 aromatic heterocycles. The summed E-state index contributed by atoms with van der Waals surface area (Å²) in [5.74, 6) is 0.529. The standard InChI is InChI=1S/C15H22ClNO3/c1-12(20-14-8-6-7-13(16)11-14)15(19)17(2)9-4-3-5-10-18/h6-8,11-12,18H,3-5,9-10H2,1-2H3. The quantitative estimate of drug-likeness (QED) is 0.751. The van der Waals surface area contributed by atoms with Gasteiger partial charge in [-0.15, -0.1) is 0 Å². The topological polar surface area (TPSA) is 49.8 Å². The van der Waals surface area contributed by atoms with Crippen LogP contribution in [-0.2, 0) is 4.79 Å². The van der Waals surface area contributed by atoms with Gasteiger partial charge in [0.2, 0.25) is 0 Å². The van der Waals surface area contributed by atoms with Gasteiger partial charge in [0, 0.05) is 25.2 Å². The van der Waals surface area contributed by atoms with Gasteiger partial charge in [0.25, 0.3) is 5.91 Å². The Hall–Kier alpha value is -1.26. The molecule has 1 unspecified atom stereocenters. The number of hydrogen-bond donors (Lipinski definition) is 1. The van der Waals surface area contributed by atoms with Crippen molar-refractivity contribution in [3.63, 3.8) is 0 Å². The summed E-state index contributed by atoms with van der Waals surface area (Å²) in [6.45, 7) is 2.60. The number of aliphatic hydroxyl groups is 1. The Morgan fingerprint density at radius 2 is 2.15 bits per heavy atom. The Kier molecular flexibility index (Phi) is 7.41. The van der Waals surface area contributed by atoms with E-state index in [4.69, 9.17) is 21.4 Å². The zero-order valence-corrected chi connectivity index (χ0v) is 12.8. The largest absolute Gasteiger partial charge is 0.481 e. The smallest absolute Gasteiger partial charge is 0.263 e. The highest BCUT2D eigenvalue weighted by Crippen LogP contribution is 2.18. The molecule has 1 amide bonds. The Morgan fingerprint density at radius 1 is 1.40 bits per heavy atom. The second kappa shape index (κ2) is 8.82. The fourth-order valence-corrected chi connectivity index (χ4v) is 2.03. The van der Waals surface area contributed by atoms with Gasteiger partial charge < -0.3 is 14.7 Å². The van der Waals surface area contributed by atoms with Gasteiger partial charge in [-0.25, -0.2) is 0 Å². The fraction of sp³-hybridized carbons (Fsp3) is 0.533. The highest BCUT2D eigenvalue weighted by atomic mass is 35.5. The SMILES string of the molecule is CC(Oc1cccc(Cl)c1)C(=O)N(C)CCCCCO. The molecule has 20 heavy (non-hydrogen) atoms. The highest BCUT2D eigenvalue weighted by Gasteiger charge is 2.18. The first-order chi connectivity index (χ1) is 9.54. The fourth-order valence-electron chi connectivity index (χ4n) is 1.85. The lowest BCUT2D eigenvalue weighted by Crippen LogP contribution is -2.38. The molecule has 0 saturated carbocycles. The molecular formula is C15H22ClNO3. The third-order valence-electron chi connectivity index (χ3n) is 2.98. The predicted molar refractivity (Wildman–Crippen MR) is 80.1 cm³/mol. The number of unbranched alkanes of at least 4 members (excludes halogenated alkanes) is 2. The third kappa shape index (κ3) is 5.80. The van der Waals surface area contributed by atoms with Crippen molar-refractivity contribution < 1.29 is 14.6 Å². The molecular weight excluding hydrogens is 278 g/mol. The summed E-state index contributed by atoms with van der Waals surface area (Å²) >= 11 is 5.87. The lowest BCUT2D eigenvalue weighted by molar-refractivity contribution is -0.136. The molecule has 0 bridgehead atoms. The van der Waals surface area contributed by atoms with E-state index in [9.17, 15) is 4.79 Å². The van der Waals surface area contributed by atoms with E-state index in [-0.39, 0.29) is 12.5 Å². The number of nitrogens with zero attached hydrogens (tertiary/aromatic N) is 1. The van der Waals surface area contributed by atoms with Gasteiger partial charge >= 0.3 is 0 Å². The Bertz CT molecular complexity index is 425. The number of rotatable bonds is 8. The second-order valence-electron chi connectivity index (χ2n) is 4.76. The predicted octanol–water partition coefficient (Wildman–Crippen LogP) is 2.73. The van der Waals surface area contributed by atoms with Crippen LogP contribution in [0.5, 0.6) is 5.75 Å². The van der Waals surface area contributed by atoms with Gasteiger partial charge in [-0.05, 0) is 44.4 Å². The maximum absolute atomic E-state index is 12.1. The minimum atomic E-state index is -0.545. The zero-order valence-electron chi connectivity index (χ0n) is 12.0. The molecule has 1 aromatic rings. The van der Waals surface area contributed by atoms with Gasteiger partial charge in [0.1, 0.15) is 5.75 Å². The molecule has 0 aliphatic rings. The van der Waals surface area contributed by atoms with Crippen LogP contribution in [0.2, 0.25) is 5.02 Å². The number of aliphatic hydroxyl groups excluding tert-OH is 1. The Balaban J connectivity index is 2.41. The van der Waals surface area contributed by atoms with Crippen LogP contribution < -0.4 is 4.74 Å². The van der Waals surface area contributed by atoms with E-state index in [2.05, 4.69) is 0 Å². The monoisotopic (exact) mass is 299 g/mol. The van der Waals surface area contributed by atoms with Gasteiger partial charge in [-0.3, -0.25) is 4.79 Å². The van der Waals surface area contributed by atoms with Crippen LogP contribution in [0.25, 0.3) is 0 Å². The van der Waals surface area contributed by atoms with Gasteiger partial charge in [-0.2, -0.15) is 0 Å². The van der Waals surface area contributed by atoms with Crippen molar-refractivity contribution in [2.45, 2.75) is 32.3 Å². The van der Waals surface area contributed by atoms with Crippen molar-refractivity contribution in [3.8, 4) is 5.75 Å². The lowest BCUT2D eigenvalue weighted by Gasteiger charge is -2.22. The summed E-state index contributed by atoms with van der Waals surface area (Å²) in [7, 11) is 1.76. The molecule has 0 fully saturated rings. The number of amides is 1. The van der Waals surface area contributed by atoms with E-state index >= 15 is 0 Å². The van der Waals surface area contributed by atoms with Crippen molar-refractivity contribution in [2.75, 3.05) is 20.2 Å². The number of carbonyl (C=O) groups excluding carboxylic acids is 1. The summed E-state index contributed by atoms with van der Waals surface area (Å²) in [5, 5.41) is 9.29. The van der Waals surface area contributed by atoms with Crippen molar-refractivity contribution in [2.24, 2.45) is 0 Å². The van der Waals surface area contributed by atoms with E-state index in [1.54, 1.807) is 43.1 Å². The highest BCUT2D eigenvalue weighted by molar-refractivity contribution is 6.30. The van der Waals surface area contributed by atoms with E-state index in [0.717, 1.165) is 19.3 Å². The number of hydrogen-bond acceptors (Lipinski definition) is 3. The molecule has 0 aliphatic carbocycles. The van der Waals surface area contributed by atoms with Crippen LogP contribution in [0, 0.1) is 0 Å². The van der Waals surface area contributed by atoms with Crippen LogP contribution in [0.3, 0.4) is 0 Å². The maximum Gasteiger partial charge on any atom is 0.263 e. The van der Waals surface area contributed by atoms with Gasteiger partial charge in [0.05, 0.1) is 0 Å². The minimum Gasteiger partial charge on any atom is -0.481 e. The van der Waals surface area contributed by atoms with Crippen molar-refractivity contribution in [1.29, 1.82) is 0 Å². The van der Waals surface area contributed by atoms with Crippen LogP contribution in [0.4, 0.5) is 0 Å². The molecule has 112 valence electrons. The summed E-state index contributed by atoms with van der Waals surface area (Å²) in [4.78, 5) is 13.8. The average Bonchev–Trinajstić information content (AvgIpc) is 2.42.